The van der Waals surface area contributed by atoms with E-state index in [9.17, 15) is 9.90 Å². The standard InChI is InChI=1S/C20H22N6O2/c1-26-12-15(11-23-26)18(13-7-17(27)8-13)25-19(28)14-9-21-20(22-10-14)24-16-5-3-2-4-6-16/h2-6,9-13,17-18,27H,7-8H2,1H3,(H,25,28)(H,21,22,24)/t13?,17?,18-/m1/s1. The van der Waals surface area contributed by atoms with Crippen LogP contribution in [0.1, 0.15) is 34.8 Å². The summed E-state index contributed by atoms with van der Waals surface area (Å²) < 4.78 is 1.71. The zero-order valence-electron chi connectivity index (χ0n) is 15.5. The second-order valence-corrected chi connectivity index (χ2v) is 7.07. The van der Waals surface area contributed by atoms with Crippen LogP contribution in [0.25, 0.3) is 0 Å². The molecule has 1 aromatic carbocycles. The first-order chi connectivity index (χ1) is 13.6. The van der Waals surface area contributed by atoms with Gasteiger partial charge >= 0.3 is 0 Å². The van der Waals surface area contributed by atoms with Gasteiger partial charge in [-0.25, -0.2) is 9.97 Å². The van der Waals surface area contributed by atoms with Crippen molar-refractivity contribution in [3.05, 3.63) is 66.2 Å². The maximum Gasteiger partial charge on any atom is 0.254 e. The molecule has 2 heterocycles. The molecule has 1 fully saturated rings. The van der Waals surface area contributed by atoms with Gasteiger partial charge in [0, 0.05) is 36.9 Å². The summed E-state index contributed by atoms with van der Waals surface area (Å²) in [6.07, 6.45) is 7.67. The van der Waals surface area contributed by atoms with Crippen LogP contribution in [0.15, 0.2) is 55.1 Å². The van der Waals surface area contributed by atoms with Gasteiger partial charge in [-0.1, -0.05) is 18.2 Å². The lowest BCUT2D eigenvalue weighted by molar-refractivity contribution is 0.0235. The number of hydrogen-bond donors (Lipinski definition) is 3. The lowest BCUT2D eigenvalue weighted by atomic mass is 9.75. The Kier molecular flexibility index (Phi) is 5.03. The van der Waals surface area contributed by atoms with Crippen LogP contribution in [-0.2, 0) is 7.05 Å². The lowest BCUT2D eigenvalue weighted by Crippen LogP contribution is -2.41. The number of hydrogen-bond acceptors (Lipinski definition) is 6. The van der Waals surface area contributed by atoms with E-state index >= 15 is 0 Å². The van der Waals surface area contributed by atoms with Gasteiger partial charge in [0.05, 0.1) is 23.9 Å². The maximum atomic E-state index is 12.7. The zero-order chi connectivity index (χ0) is 19.5. The molecule has 4 rings (SSSR count). The molecule has 3 N–H and O–H groups in total. The molecule has 0 unspecified atom stereocenters. The molecule has 1 amide bonds. The molecule has 0 aliphatic heterocycles. The van der Waals surface area contributed by atoms with Gasteiger partial charge in [-0.2, -0.15) is 5.10 Å². The van der Waals surface area contributed by atoms with Crippen LogP contribution in [0.4, 0.5) is 11.6 Å². The Morgan fingerprint density at radius 3 is 2.50 bits per heavy atom. The summed E-state index contributed by atoms with van der Waals surface area (Å²) in [7, 11) is 1.84. The Balaban J connectivity index is 1.45. The molecule has 2 aromatic heterocycles. The second kappa shape index (κ2) is 7.77. The van der Waals surface area contributed by atoms with E-state index in [1.165, 1.54) is 12.4 Å². The van der Waals surface area contributed by atoms with Crippen molar-refractivity contribution < 1.29 is 9.90 Å². The van der Waals surface area contributed by atoms with Crippen LogP contribution in [-0.4, -0.2) is 36.9 Å². The predicted octanol–water partition coefficient (Wildman–Crippen LogP) is 2.20. The minimum absolute atomic E-state index is 0.183. The molecule has 0 radical (unpaired) electrons. The Hall–Kier alpha value is -3.26. The van der Waals surface area contributed by atoms with Gasteiger partial charge in [-0.15, -0.1) is 0 Å². The molecule has 0 bridgehead atoms. The fraction of sp³-hybridized carbons (Fsp3) is 0.300. The SMILES string of the molecule is Cn1cc([C@H](NC(=O)c2cnc(Nc3ccccc3)nc2)C2CC(O)C2)cn1. The maximum absolute atomic E-state index is 12.7. The monoisotopic (exact) mass is 378 g/mol. The van der Waals surface area contributed by atoms with Gasteiger partial charge < -0.3 is 15.7 Å². The summed E-state index contributed by atoms with van der Waals surface area (Å²) in [6, 6.07) is 9.39. The van der Waals surface area contributed by atoms with Gasteiger partial charge in [-0.3, -0.25) is 9.48 Å². The van der Waals surface area contributed by atoms with Crippen LogP contribution in [0.2, 0.25) is 0 Å². The van der Waals surface area contributed by atoms with Gasteiger partial charge in [0.2, 0.25) is 5.95 Å². The molecular weight excluding hydrogens is 356 g/mol. The molecule has 1 atom stereocenters. The first-order valence-corrected chi connectivity index (χ1v) is 9.20. The van der Waals surface area contributed by atoms with Gasteiger partial charge in [0.1, 0.15) is 0 Å². The van der Waals surface area contributed by atoms with E-state index in [1.807, 2.05) is 43.6 Å². The molecule has 28 heavy (non-hydrogen) atoms. The average molecular weight is 378 g/mol. The topological polar surface area (TPSA) is 105 Å². The van der Waals surface area contributed by atoms with E-state index in [4.69, 9.17) is 0 Å². The van der Waals surface area contributed by atoms with Crippen LogP contribution in [0, 0.1) is 5.92 Å². The van der Waals surface area contributed by atoms with E-state index < -0.39 is 0 Å². The quantitative estimate of drug-likeness (QED) is 0.607. The normalized spacial score (nSPS) is 19.5. The number of aryl methyl sites for hydroxylation is 1. The number of nitrogens with zero attached hydrogens (tertiary/aromatic N) is 4. The van der Waals surface area contributed by atoms with Gasteiger partial charge in [-0.05, 0) is 30.9 Å². The minimum Gasteiger partial charge on any atom is -0.393 e. The Morgan fingerprint density at radius 1 is 1.18 bits per heavy atom. The Labute approximate surface area is 162 Å². The molecule has 1 aliphatic rings. The number of aliphatic hydroxyl groups is 1. The number of nitrogens with one attached hydrogen (secondary N) is 2. The van der Waals surface area contributed by atoms with Gasteiger partial charge in [0.15, 0.2) is 0 Å². The van der Waals surface area contributed by atoms with Crippen molar-refractivity contribution in [2.24, 2.45) is 13.0 Å². The number of para-hydroxylation sites is 1. The first kappa shape index (κ1) is 18.1. The van der Waals surface area contributed by atoms with Crippen molar-refractivity contribution in [1.82, 2.24) is 25.1 Å². The number of carbonyl (C=O) groups excluding carboxylic acids is 1. The molecule has 8 nitrogen and oxygen atoms in total. The number of anilines is 2. The highest BCUT2D eigenvalue weighted by Gasteiger charge is 2.36. The fourth-order valence-electron chi connectivity index (χ4n) is 3.36. The Morgan fingerprint density at radius 2 is 1.89 bits per heavy atom. The molecular formula is C20H22N6O2. The van der Waals surface area contributed by atoms with E-state index in [1.54, 1.807) is 10.9 Å². The van der Waals surface area contributed by atoms with E-state index in [-0.39, 0.29) is 24.0 Å². The molecule has 0 spiro atoms. The number of amides is 1. The summed E-state index contributed by atoms with van der Waals surface area (Å²) in [5.74, 6) is 0.360. The predicted molar refractivity (Wildman–Crippen MR) is 104 cm³/mol. The van der Waals surface area contributed by atoms with Gasteiger partial charge in [0.25, 0.3) is 5.91 Å². The molecule has 8 heteroatoms. The highest BCUT2D eigenvalue weighted by Crippen LogP contribution is 2.38. The largest absolute Gasteiger partial charge is 0.393 e. The smallest absolute Gasteiger partial charge is 0.254 e. The minimum atomic E-state index is -0.298. The highest BCUT2D eigenvalue weighted by atomic mass is 16.3. The van der Waals surface area contributed by atoms with E-state index in [0.717, 1.165) is 11.3 Å². The highest BCUT2D eigenvalue weighted by molar-refractivity contribution is 5.94. The fourth-order valence-corrected chi connectivity index (χ4v) is 3.36. The number of carbonyl (C=O) groups is 1. The van der Waals surface area contributed by atoms with Crippen molar-refractivity contribution in [3.63, 3.8) is 0 Å². The third-order valence-corrected chi connectivity index (χ3v) is 4.94. The molecule has 1 saturated carbocycles. The lowest BCUT2D eigenvalue weighted by Gasteiger charge is -2.37. The van der Waals surface area contributed by atoms with Crippen LogP contribution < -0.4 is 10.6 Å². The second-order valence-electron chi connectivity index (χ2n) is 7.07. The van der Waals surface area contributed by atoms with Crippen molar-refractivity contribution in [2.45, 2.75) is 25.0 Å². The summed E-state index contributed by atoms with van der Waals surface area (Å²) >= 11 is 0. The number of aliphatic hydroxyl groups excluding tert-OH is 1. The van der Waals surface area contributed by atoms with Crippen LogP contribution >= 0.6 is 0 Å². The zero-order valence-corrected chi connectivity index (χ0v) is 15.5. The van der Waals surface area contributed by atoms with Crippen molar-refractivity contribution in [1.29, 1.82) is 0 Å². The number of benzene rings is 1. The molecule has 0 saturated heterocycles. The third-order valence-electron chi connectivity index (χ3n) is 4.94. The molecule has 3 aromatic rings. The van der Waals surface area contributed by atoms with Crippen molar-refractivity contribution in [3.8, 4) is 0 Å². The number of rotatable bonds is 6. The van der Waals surface area contributed by atoms with Crippen molar-refractivity contribution in [2.75, 3.05) is 5.32 Å². The van der Waals surface area contributed by atoms with E-state index in [2.05, 4.69) is 25.7 Å². The summed E-state index contributed by atoms with van der Waals surface area (Å²) in [4.78, 5) is 21.2. The average Bonchev–Trinajstić information content (AvgIpc) is 3.11. The summed E-state index contributed by atoms with van der Waals surface area (Å²) in [6.45, 7) is 0. The summed E-state index contributed by atoms with van der Waals surface area (Å²) in [5.41, 5.74) is 2.18. The molecule has 144 valence electrons. The van der Waals surface area contributed by atoms with Crippen molar-refractivity contribution >= 4 is 17.5 Å². The van der Waals surface area contributed by atoms with Crippen LogP contribution in [0.5, 0.6) is 0 Å². The first-order valence-electron chi connectivity index (χ1n) is 9.20. The summed E-state index contributed by atoms with van der Waals surface area (Å²) in [5, 5.41) is 20.0. The number of aromatic nitrogens is 4. The Bertz CT molecular complexity index is 935. The third kappa shape index (κ3) is 4.01. The van der Waals surface area contributed by atoms with E-state index in [0.29, 0.717) is 24.4 Å². The molecule has 1 aliphatic carbocycles. The van der Waals surface area contributed by atoms with Crippen LogP contribution in [0.3, 0.4) is 0 Å².